The van der Waals surface area contributed by atoms with Crippen LogP contribution < -0.4 is 5.32 Å². The summed E-state index contributed by atoms with van der Waals surface area (Å²) in [5.74, 6) is -0.456. The van der Waals surface area contributed by atoms with Crippen molar-refractivity contribution in [3.8, 4) is 5.69 Å². The molecule has 0 aliphatic carbocycles. The van der Waals surface area contributed by atoms with E-state index in [-0.39, 0.29) is 11.4 Å². The Morgan fingerprint density at radius 3 is 2.89 bits per heavy atom. The zero-order valence-electron chi connectivity index (χ0n) is 14.7. The lowest BCUT2D eigenvalue weighted by molar-refractivity contribution is -0.384. The van der Waals surface area contributed by atoms with Crippen molar-refractivity contribution < 1.29 is 9.72 Å². The summed E-state index contributed by atoms with van der Waals surface area (Å²) >= 11 is 1.33. The number of aryl methyl sites for hydroxylation is 1. The fourth-order valence-electron chi connectivity index (χ4n) is 2.41. The van der Waals surface area contributed by atoms with E-state index >= 15 is 0 Å². The van der Waals surface area contributed by atoms with Crippen LogP contribution in [0.4, 0.5) is 10.8 Å². The van der Waals surface area contributed by atoms with Crippen LogP contribution in [0.5, 0.6) is 0 Å². The van der Waals surface area contributed by atoms with E-state index in [9.17, 15) is 14.9 Å². The number of aromatic nitrogens is 5. The summed E-state index contributed by atoms with van der Waals surface area (Å²) in [5.41, 5.74) is 0.962. The maximum absolute atomic E-state index is 12.5. The first-order valence-corrected chi connectivity index (χ1v) is 9.12. The maximum atomic E-state index is 12.5. The Hall–Kier alpha value is -3.21. The van der Waals surface area contributed by atoms with Gasteiger partial charge in [-0.15, -0.1) is 15.3 Å². The Balaban J connectivity index is 1.78. The number of nitrogens with zero attached hydrogens (tertiary/aromatic N) is 6. The molecule has 0 atom stereocenters. The number of hydrogen-bond acceptors (Lipinski definition) is 8. The van der Waals surface area contributed by atoms with Crippen molar-refractivity contribution in [3.63, 3.8) is 0 Å². The summed E-state index contributed by atoms with van der Waals surface area (Å²) in [6.07, 6.45) is 2.90. The molecular formula is C16H17N7O3S. The zero-order valence-corrected chi connectivity index (χ0v) is 15.6. The number of carbonyl (C=O) groups excluding carboxylic acids is 1. The van der Waals surface area contributed by atoms with Crippen LogP contribution in [-0.2, 0) is 6.42 Å². The molecule has 3 aromatic rings. The first-order chi connectivity index (χ1) is 13.0. The molecule has 0 bridgehead atoms. The minimum atomic E-state index is -0.491. The van der Waals surface area contributed by atoms with Crippen molar-refractivity contribution in [1.82, 2.24) is 25.2 Å². The molecule has 1 amide bonds. The van der Waals surface area contributed by atoms with E-state index in [2.05, 4.69) is 32.7 Å². The van der Waals surface area contributed by atoms with Crippen LogP contribution in [0.3, 0.4) is 0 Å². The quantitative estimate of drug-likeness (QED) is 0.487. The summed E-state index contributed by atoms with van der Waals surface area (Å²) in [6, 6.07) is 5.96. The van der Waals surface area contributed by atoms with Gasteiger partial charge in [0.15, 0.2) is 5.69 Å². The van der Waals surface area contributed by atoms with Gasteiger partial charge in [-0.3, -0.25) is 20.2 Å². The molecule has 0 aliphatic heterocycles. The van der Waals surface area contributed by atoms with Gasteiger partial charge in [0.2, 0.25) is 5.13 Å². The van der Waals surface area contributed by atoms with Crippen molar-refractivity contribution in [1.29, 1.82) is 0 Å². The lowest BCUT2D eigenvalue weighted by Gasteiger charge is -2.03. The Bertz CT molecular complexity index is 982. The van der Waals surface area contributed by atoms with E-state index in [0.29, 0.717) is 16.5 Å². The van der Waals surface area contributed by atoms with E-state index < -0.39 is 10.8 Å². The third-order valence-electron chi connectivity index (χ3n) is 3.83. The molecule has 0 saturated carbocycles. The van der Waals surface area contributed by atoms with Gasteiger partial charge in [0.05, 0.1) is 16.3 Å². The van der Waals surface area contributed by atoms with Crippen LogP contribution in [0, 0.1) is 17.0 Å². The number of hydrogen-bond donors (Lipinski definition) is 1. The molecule has 1 aromatic carbocycles. The largest absolute Gasteiger partial charge is 0.295 e. The molecular weight excluding hydrogens is 370 g/mol. The highest BCUT2D eigenvalue weighted by Crippen LogP contribution is 2.20. The van der Waals surface area contributed by atoms with Gasteiger partial charge in [-0.25, -0.2) is 4.68 Å². The van der Waals surface area contributed by atoms with Crippen molar-refractivity contribution in [2.45, 2.75) is 33.1 Å². The van der Waals surface area contributed by atoms with Gasteiger partial charge in [0.25, 0.3) is 11.6 Å². The van der Waals surface area contributed by atoms with Crippen LogP contribution in [0.25, 0.3) is 5.69 Å². The first-order valence-electron chi connectivity index (χ1n) is 8.30. The third kappa shape index (κ3) is 4.14. The van der Waals surface area contributed by atoms with Gasteiger partial charge in [-0.1, -0.05) is 36.0 Å². The van der Waals surface area contributed by atoms with Gasteiger partial charge in [0.1, 0.15) is 5.01 Å². The lowest BCUT2D eigenvalue weighted by Crippen LogP contribution is -2.14. The second-order valence-electron chi connectivity index (χ2n) is 5.77. The molecule has 2 heterocycles. The number of nitro benzene ring substituents is 1. The maximum Gasteiger partial charge on any atom is 0.279 e. The smallest absolute Gasteiger partial charge is 0.279 e. The number of amides is 1. The predicted octanol–water partition coefficient (Wildman–Crippen LogP) is 2.93. The molecule has 1 N–H and O–H groups in total. The van der Waals surface area contributed by atoms with Crippen LogP contribution in [0.15, 0.2) is 24.3 Å². The van der Waals surface area contributed by atoms with E-state index in [4.69, 9.17) is 0 Å². The van der Waals surface area contributed by atoms with Crippen LogP contribution in [-0.4, -0.2) is 36.0 Å². The fraction of sp³-hybridized carbons (Fsp3) is 0.312. The molecule has 2 aromatic heterocycles. The number of nitrogens with one attached hydrogen (secondary N) is 1. The van der Waals surface area contributed by atoms with E-state index in [1.807, 2.05) is 0 Å². The number of benzene rings is 1. The van der Waals surface area contributed by atoms with Crippen LogP contribution in [0.2, 0.25) is 0 Å². The standard InChI is InChI=1S/C16H17N7O3S/c1-3-4-8-13-18-20-16(27-13)17-15(24)14-10(2)22(21-19-14)11-6-5-7-12(9-11)23(25)26/h5-7,9H,3-4,8H2,1-2H3,(H,17,20,24). The molecule has 3 rings (SSSR count). The summed E-state index contributed by atoms with van der Waals surface area (Å²) in [6.45, 7) is 3.76. The number of unbranched alkanes of at least 4 members (excludes halogenated alkanes) is 1. The number of anilines is 1. The van der Waals surface area contributed by atoms with Crippen molar-refractivity contribution >= 4 is 28.1 Å². The monoisotopic (exact) mass is 387 g/mol. The second-order valence-corrected chi connectivity index (χ2v) is 6.83. The Morgan fingerprint density at radius 1 is 1.33 bits per heavy atom. The van der Waals surface area contributed by atoms with Crippen molar-refractivity contribution in [3.05, 3.63) is 50.8 Å². The highest BCUT2D eigenvalue weighted by atomic mass is 32.1. The minimum Gasteiger partial charge on any atom is -0.295 e. The topological polar surface area (TPSA) is 129 Å². The van der Waals surface area contributed by atoms with Crippen molar-refractivity contribution in [2.75, 3.05) is 5.32 Å². The molecule has 0 saturated heterocycles. The average Bonchev–Trinajstić information content (AvgIpc) is 3.26. The van der Waals surface area contributed by atoms with Gasteiger partial charge in [-0.2, -0.15) is 0 Å². The van der Waals surface area contributed by atoms with Crippen LogP contribution >= 0.6 is 11.3 Å². The molecule has 27 heavy (non-hydrogen) atoms. The summed E-state index contributed by atoms with van der Waals surface area (Å²) in [7, 11) is 0. The highest BCUT2D eigenvalue weighted by Gasteiger charge is 2.20. The van der Waals surface area contributed by atoms with E-state index in [1.165, 1.54) is 28.2 Å². The number of nitro groups is 1. The fourth-order valence-corrected chi connectivity index (χ4v) is 3.19. The minimum absolute atomic E-state index is 0.0677. The van der Waals surface area contributed by atoms with Gasteiger partial charge >= 0.3 is 0 Å². The summed E-state index contributed by atoms with van der Waals surface area (Å²) in [4.78, 5) is 22.9. The Labute approximate surface area is 158 Å². The SMILES string of the molecule is CCCCc1nnc(NC(=O)c2nnn(-c3cccc([N+](=O)[O-])c3)c2C)s1. The molecule has 0 unspecified atom stereocenters. The number of rotatable bonds is 7. The Kier molecular flexibility index (Phi) is 5.50. The molecule has 0 fully saturated rings. The number of carbonyl (C=O) groups is 1. The molecule has 0 spiro atoms. The summed E-state index contributed by atoms with van der Waals surface area (Å²) in [5, 5.41) is 30.7. The Morgan fingerprint density at radius 2 is 2.15 bits per heavy atom. The predicted molar refractivity (Wildman–Crippen MR) is 99.2 cm³/mol. The molecule has 11 heteroatoms. The third-order valence-corrected chi connectivity index (χ3v) is 4.72. The average molecular weight is 387 g/mol. The van der Waals surface area contributed by atoms with Gasteiger partial charge in [0, 0.05) is 18.6 Å². The first kappa shape index (κ1) is 18.6. The highest BCUT2D eigenvalue weighted by molar-refractivity contribution is 7.15. The molecule has 140 valence electrons. The van der Waals surface area contributed by atoms with E-state index in [1.54, 1.807) is 19.1 Å². The normalized spacial score (nSPS) is 10.7. The van der Waals surface area contributed by atoms with Crippen molar-refractivity contribution in [2.24, 2.45) is 0 Å². The van der Waals surface area contributed by atoms with E-state index in [0.717, 1.165) is 24.3 Å². The second kappa shape index (κ2) is 7.99. The molecule has 0 aliphatic rings. The number of non-ortho nitro benzene ring substituents is 1. The van der Waals surface area contributed by atoms with Crippen LogP contribution in [0.1, 0.15) is 41.0 Å². The van der Waals surface area contributed by atoms with Gasteiger partial charge in [-0.05, 0) is 19.4 Å². The van der Waals surface area contributed by atoms with Gasteiger partial charge < -0.3 is 0 Å². The zero-order chi connectivity index (χ0) is 19.4. The molecule has 0 radical (unpaired) electrons. The lowest BCUT2D eigenvalue weighted by atomic mass is 10.2. The summed E-state index contributed by atoms with van der Waals surface area (Å²) < 4.78 is 1.38. The molecule has 10 nitrogen and oxygen atoms in total.